The lowest BCUT2D eigenvalue weighted by Crippen LogP contribution is -2.15. The number of aromatic nitrogens is 2. The van der Waals surface area contributed by atoms with Gasteiger partial charge in [0.2, 0.25) is 4.80 Å². The Balaban J connectivity index is 0.00000208. The Morgan fingerprint density at radius 1 is 1.17 bits per heavy atom. The quantitative estimate of drug-likeness (QED) is 0.714. The monoisotopic (exact) mass is 400 g/mol. The van der Waals surface area contributed by atoms with Gasteiger partial charge in [0.25, 0.3) is 0 Å². The molecule has 1 aromatic heterocycles. The van der Waals surface area contributed by atoms with Crippen molar-refractivity contribution in [3.8, 4) is 17.2 Å². The molecular weight excluding hydrogens is 384 g/mol. The van der Waals surface area contributed by atoms with Crippen LogP contribution in [0.25, 0.3) is 11.1 Å². The summed E-state index contributed by atoms with van der Waals surface area (Å²) < 4.78 is 1.72. The number of nitrogens with zero attached hydrogens (tertiary/aromatic N) is 3. The Bertz CT molecular complexity index is 919. The van der Waals surface area contributed by atoms with Gasteiger partial charge in [0.05, 0.1) is 18.2 Å². The van der Waals surface area contributed by atoms with E-state index in [0.29, 0.717) is 16.9 Å². The van der Waals surface area contributed by atoms with E-state index in [4.69, 9.17) is 5.41 Å². The number of rotatable bonds is 4. The van der Waals surface area contributed by atoms with Crippen molar-refractivity contribution in [1.82, 2.24) is 9.78 Å². The predicted octanol–water partition coefficient (Wildman–Crippen LogP) is 4.15. The first kappa shape index (κ1) is 18.1. The maximum atomic E-state index is 9.20. The van der Waals surface area contributed by atoms with Crippen molar-refractivity contribution in [2.75, 3.05) is 0 Å². The number of halogens is 1. The van der Waals surface area contributed by atoms with Crippen LogP contribution < -0.4 is 4.80 Å². The SMILES string of the molecule is Br.CCc1nn(Cc2ccc(-c3ccccc3C#N)cc2)c(=N)s1. The summed E-state index contributed by atoms with van der Waals surface area (Å²) >= 11 is 1.42. The molecule has 0 aliphatic rings. The van der Waals surface area contributed by atoms with Crippen molar-refractivity contribution in [3.63, 3.8) is 0 Å². The molecule has 2 aromatic carbocycles. The molecule has 0 aliphatic carbocycles. The second kappa shape index (κ2) is 8.04. The van der Waals surface area contributed by atoms with Crippen molar-refractivity contribution in [1.29, 1.82) is 10.7 Å². The molecule has 0 amide bonds. The van der Waals surface area contributed by atoms with Crippen LogP contribution in [0.15, 0.2) is 48.5 Å². The van der Waals surface area contributed by atoms with Gasteiger partial charge in [0.1, 0.15) is 5.01 Å². The standard InChI is InChI=1S/C18H16N4S.BrH/c1-2-17-21-22(18(20)23-17)12-13-7-9-14(10-8-13)16-6-4-3-5-15(16)11-19;/h3-10,20H,2,12H2,1H3;1H. The largest absolute Gasteiger partial charge is 0.274 e. The number of nitriles is 1. The molecule has 4 nitrogen and oxygen atoms in total. The smallest absolute Gasteiger partial charge is 0.200 e. The molecule has 1 heterocycles. The molecule has 0 atom stereocenters. The summed E-state index contributed by atoms with van der Waals surface area (Å²) in [6, 6.07) is 17.9. The number of nitrogens with one attached hydrogen (secondary N) is 1. The normalized spacial score (nSPS) is 10.0. The summed E-state index contributed by atoms with van der Waals surface area (Å²) in [4.78, 5) is 0.473. The lowest BCUT2D eigenvalue weighted by Gasteiger charge is -2.06. The lowest BCUT2D eigenvalue weighted by molar-refractivity contribution is 0.638. The minimum absolute atomic E-state index is 0. The Morgan fingerprint density at radius 3 is 2.50 bits per heavy atom. The van der Waals surface area contributed by atoms with Gasteiger partial charge in [0.15, 0.2) is 0 Å². The first-order chi connectivity index (χ1) is 11.2. The highest BCUT2D eigenvalue weighted by atomic mass is 79.9. The van der Waals surface area contributed by atoms with E-state index in [1.54, 1.807) is 4.68 Å². The molecule has 0 radical (unpaired) electrons. The van der Waals surface area contributed by atoms with Crippen LogP contribution in [0.1, 0.15) is 23.1 Å². The molecule has 0 fully saturated rings. The van der Waals surface area contributed by atoms with Crippen LogP contribution in [0.5, 0.6) is 0 Å². The fourth-order valence-electron chi connectivity index (χ4n) is 2.41. The molecule has 0 aliphatic heterocycles. The van der Waals surface area contributed by atoms with Crippen LogP contribution >= 0.6 is 28.3 Å². The number of benzene rings is 2. The van der Waals surface area contributed by atoms with Gasteiger partial charge in [-0.1, -0.05) is 60.7 Å². The van der Waals surface area contributed by atoms with E-state index in [9.17, 15) is 5.26 Å². The van der Waals surface area contributed by atoms with E-state index < -0.39 is 0 Å². The van der Waals surface area contributed by atoms with Crippen molar-refractivity contribution < 1.29 is 0 Å². The Hall–Kier alpha value is -2.23. The third kappa shape index (κ3) is 3.81. The minimum Gasteiger partial charge on any atom is -0.274 e. The summed E-state index contributed by atoms with van der Waals surface area (Å²) in [6.45, 7) is 2.64. The number of aryl methyl sites for hydroxylation is 1. The van der Waals surface area contributed by atoms with Crippen molar-refractivity contribution in [2.45, 2.75) is 19.9 Å². The Kier molecular flexibility index (Phi) is 6.07. The van der Waals surface area contributed by atoms with E-state index in [1.807, 2.05) is 55.5 Å². The van der Waals surface area contributed by atoms with Gasteiger partial charge in [0, 0.05) is 0 Å². The molecule has 1 N–H and O–H groups in total. The van der Waals surface area contributed by atoms with Crippen molar-refractivity contribution in [3.05, 3.63) is 69.5 Å². The average Bonchev–Trinajstić information content (AvgIpc) is 2.95. The number of hydrogen-bond acceptors (Lipinski definition) is 4. The first-order valence-corrected chi connectivity index (χ1v) is 8.22. The third-order valence-electron chi connectivity index (χ3n) is 3.63. The average molecular weight is 401 g/mol. The van der Waals surface area contributed by atoms with Crippen LogP contribution in [0.3, 0.4) is 0 Å². The van der Waals surface area contributed by atoms with Crippen molar-refractivity contribution >= 4 is 28.3 Å². The van der Waals surface area contributed by atoms with E-state index in [2.05, 4.69) is 11.2 Å². The minimum atomic E-state index is 0. The summed E-state index contributed by atoms with van der Waals surface area (Å²) in [5.74, 6) is 0. The molecular formula is C18H17BrN4S. The Morgan fingerprint density at radius 2 is 1.88 bits per heavy atom. The van der Waals surface area contributed by atoms with E-state index in [1.165, 1.54) is 11.3 Å². The van der Waals surface area contributed by atoms with Crippen LogP contribution in [0, 0.1) is 16.7 Å². The van der Waals surface area contributed by atoms with Gasteiger partial charge in [-0.2, -0.15) is 10.4 Å². The highest BCUT2D eigenvalue weighted by Crippen LogP contribution is 2.23. The third-order valence-corrected chi connectivity index (χ3v) is 4.64. The van der Waals surface area contributed by atoms with Gasteiger partial charge in [-0.05, 0) is 29.2 Å². The van der Waals surface area contributed by atoms with Crippen LogP contribution in [0.4, 0.5) is 0 Å². The van der Waals surface area contributed by atoms with Crippen LogP contribution in [0.2, 0.25) is 0 Å². The highest BCUT2D eigenvalue weighted by molar-refractivity contribution is 8.93. The number of hydrogen-bond donors (Lipinski definition) is 1. The first-order valence-electron chi connectivity index (χ1n) is 7.41. The van der Waals surface area contributed by atoms with E-state index in [-0.39, 0.29) is 17.0 Å². The van der Waals surface area contributed by atoms with Gasteiger partial charge < -0.3 is 0 Å². The zero-order chi connectivity index (χ0) is 16.2. The van der Waals surface area contributed by atoms with Gasteiger partial charge in [-0.3, -0.25) is 5.41 Å². The molecule has 6 heteroatoms. The zero-order valence-electron chi connectivity index (χ0n) is 13.2. The summed E-state index contributed by atoms with van der Waals surface area (Å²) in [7, 11) is 0. The summed E-state index contributed by atoms with van der Waals surface area (Å²) in [6.07, 6.45) is 0.855. The fourth-order valence-corrected chi connectivity index (χ4v) is 3.13. The lowest BCUT2D eigenvalue weighted by atomic mass is 9.99. The fraction of sp³-hybridized carbons (Fsp3) is 0.167. The molecule has 3 rings (SSSR count). The van der Waals surface area contributed by atoms with Gasteiger partial charge >= 0.3 is 0 Å². The molecule has 0 unspecified atom stereocenters. The Labute approximate surface area is 155 Å². The van der Waals surface area contributed by atoms with E-state index >= 15 is 0 Å². The van der Waals surface area contributed by atoms with Crippen LogP contribution in [-0.2, 0) is 13.0 Å². The zero-order valence-corrected chi connectivity index (χ0v) is 15.7. The molecule has 0 bridgehead atoms. The molecule has 0 saturated heterocycles. The van der Waals surface area contributed by atoms with E-state index in [0.717, 1.165) is 28.1 Å². The maximum absolute atomic E-state index is 9.20. The predicted molar refractivity (Wildman–Crippen MR) is 101 cm³/mol. The summed E-state index contributed by atoms with van der Waals surface area (Å²) in [5, 5.41) is 22.6. The van der Waals surface area contributed by atoms with Gasteiger partial charge in [-0.25, -0.2) is 4.68 Å². The maximum Gasteiger partial charge on any atom is 0.200 e. The molecule has 122 valence electrons. The topological polar surface area (TPSA) is 65.5 Å². The molecule has 3 aromatic rings. The van der Waals surface area contributed by atoms with Crippen molar-refractivity contribution in [2.24, 2.45) is 0 Å². The summed E-state index contributed by atoms with van der Waals surface area (Å²) in [5.41, 5.74) is 3.73. The molecule has 0 spiro atoms. The molecule has 0 saturated carbocycles. The van der Waals surface area contributed by atoms with Crippen LogP contribution in [-0.4, -0.2) is 9.78 Å². The van der Waals surface area contributed by atoms with Gasteiger partial charge in [-0.15, -0.1) is 17.0 Å². The molecule has 24 heavy (non-hydrogen) atoms. The second-order valence-electron chi connectivity index (χ2n) is 5.17. The highest BCUT2D eigenvalue weighted by Gasteiger charge is 2.06. The second-order valence-corrected chi connectivity index (χ2v) is 6.23.